The van der Waals surface area contributed by atoms with Crippen molar-refractivity contribution in [3.63, 3.8) is 0 Å². The number of piperidine rings is 1. The molecule has 0 radical (unpaired) electrons. The molecule has 104 valence electrons. The summed E-state index contributed by atoms with van der Waals surface area (Å²) >= 11 is 0. The van der Waals surface area contributed by atoms with Crippen LogP contribution < -0.4 is 4.90 Å². The Kier molecular flexibility index (Phi) is 3.59. The third-order valence-corrected chi connectivity index (χ3v) is 3.15. The largest absolute Gasteiger partial charge is 0.393 e. The van der Waals surface area contributed by atoms with E-state index in [1.807, 2.05) is 0 Å². The van der Waals surface area contributed by atoms with E-state index in [0.29, 0.717) is 13.0 Å². The molecule has 1 fully saturated rings. The highest BCUT2D eigenvalue weighted by atomic mass is 19.4. The van der Waals surface area contributed by atoms with Gasteiger partial charge < -0.3 is 4.90 Å². The van der Waals surface area contributed by atoms with Crippen LogP contribution in [0.4, 0.5) is 24.7 Å². The molecule has 19 heavy (non-hydrogen) atoms. The lowest BCUT2D eigenvalue weighted by Gasteiger charge is -2.34. The van der Waals surface area contributed by atoms with Crippen molar-refractivity contribution in [1.82, 2.24) is 4.98 Å². The van der Waals surface area contributed by atoms with Gasteiger partial charge in [-0.15, -0.1) is 0 Å². The van der Waals surface area contributed by atoms with Crippen molar-refractivity contribution in [2.75, 3.05) is 18.0 Å². The van der Waals surface area contributed by atoms with Crippen LogP contribution in [0.15, 0.2) is 18.3 Å². The molecule has 0 aromatic carbocycles. The van der Waals surface area contributed by atoms with Crippen molar-refractivity contribution in [3.8, 4) is 0 Å². The van der Waals surface area contributed by atoms with E-state index in [9.17, 15) is 23.3 Å². The summed E-state index contributed by atoms with van der Waals surface area (Å²) in [4.78, 5) is 15.4. The van der Waals surface area contributed by atoms with E-state index in [-0.39, 0.29) is 24.5 Å². The fourth-order valence-electron chi connectivity index (χ4n) is 2.21. The molecule has 1 aromatic rings. The third kappa shape index (κ3) is 2.94. The summed E-state index contributed by atoms with van der Waals surface area (Å²) < 4.78 is 38.1. The quantitative estimate of drug-likeness (QED) is 0.615. The minimum atomic E-state index is -4.28. The average Bonchev–Trinajstić information content (AvgIpc) is 2.38. The van der Waals surface area contributed by atoms with Gasteiger partial charge in [0, 0.05) is 25.4 Å². The zero-order chi connectivity index (χ0) is 14.0. The Morgan fingerprint density at radius 3 is 2.84 bits per heavy atom. The number of nitro groups is 1. The summed E-state index contributed by atoms with van der Waals surface area (Å²) in [6.45, 7) is 0.0752. The van der Waals surface area contributed by atoms with E-state index in [4.69, 9.17) is 0 Å². The smallest absolute Gasteiger partial charge is 0.350 e. The van der Waals surface area contributed by atoms with E-state index in [0.717, 1.165) is 0 Å². The molecule has 0 amide bonds. The lowest BCUT2D eigenvalue weighted by molar-refractivity contribution is -0.384. The molecule has 1 saturated heterocycles. The maximum atomic E-state index is 12.7. The highest BCUT2D eigenvalue weighted by Gasteiger charge is 2.42. The number of alkyl halides is 3. The van der Waals surface area contributed by atoms with Crippen LogP contribution >= 0.6 is 0 Å². The number of rotatable bonds is 2. The summed E-state index contributed by atoms with van der Waals surface area (Å²) in [5.41, 5.74) is -0.259. The average molecular weight is 275 g/mol. The Balaban J connectivity index is 2.25. The van der Waals surface area contributed by atoms with Crippen molar-refractivity contribution in [1.29, 1.82) is 0 Å². The van der Waals surface area contributed by atoms with Crippen LogP contribution in [0.2, 0.25) is 0 Å². The zero-order valence-electron chi connectivity index (χ0n) is 9.93. The van der Waals surface area contributed by atoms with Gasteiger partial charge in [-0.1, -0.05) is 0 Å². The molecule has 0 saturated carbocycles. The maximum Gasteiger partial charge on any atom is 0.393 e. The molecule has 1 aliphatic heterocycles. The van der Waals surface area contributed by atoms with Crippen LogP contribution in [0.3, 0.4) is 0 Å². The first kappa shape index (κ1) is 13.6. The Morgan fingerprint density at radius 2 is 2.21 bits per heavy atom. The van der Waals surface area contributed by atoms with Gasteiger partial charge in [0.05, 0.1) is 10.8 Å². The molecule has 0 N–H and O–H groups in total. The van der Waals surface area contributed by atoms with Crippen molar-refractivity contribution in [3.05, 3.63) is 28.4 Å². The molecule has 2 heterocycles. The number of hydrogen-bond acceptors (Lipinski definition) is 4. The lowest BCUT2D eigenvalue weighted by atomic mass is 9.97. The molecule has 0 unspecified atom stereocenters. The van der Waals surface area contributed by atoms with E-state index in [1.165, 1.54) is 23.2 Å². The molecular weight excluding hydrogens is 263 g/mol. The molecule has 0 spiro atoms. The molecule has 0 bridgehead atoms. The molecule has 8 heteroatoms. The third-order valence-electron chi connectivity index (χ3n) is 3.15. The molecule has 0 aliphatic carbocycles. The number of hydrogen-bond donors (Lipinski definition) is 0. The van der Waals surface area contributed by atoms with Crippen molar-refractivity contribution in [2.45, 2.75) is 19.0 Å². The fourth-order valence-corrected chi connectivity index (χ4v) is 2.21. The van der Waals surface area contributed by atoms with Gasteiger partial charge in [0.2, 0.25) is 5.82 Å². The maximum absolute atomic E-state index is 12.7. The van der Waals surface area contributed by atoms with Crippen molar-refractivity contribution >= 4 is 11.5 Å². The zero-order valence-corrected chi connectivity index (χ0v) is 9.93. The topological polar surface area (TPSA) is 59.3 Å². The van der Waals surface area contributed by atoms with Gasteiger partial charge in [-0.2, -0.15) is 13.2 Å². The number of nitrogens with zero attached hydrogens (tertiary/aromatic N) is 3. The van der Waals surface area contributed by atoms with Crippen LogP contribution in [-0.4, -0.2) is 29.2 Å². The first-order chi connectivity index (χ1) is 8.89. The number of halogens is 3. The highest BCUT2D eigenvalue weighted by molar-refractivity contribution is 5.57. The van der Waals surface area contributed by atoms with Crippen LogP contribution in [0.5, 0.6) is 0 Å². The summed E-state index contributed by atoms with van der Waals surface area (Å²) in [6, 6.07) is 2.65. The summed E-state index contributed by atoms with van der Waals surface area (Å²) in [5.74, 6) is -1.44. The predicted octanol–water partition coefficient (Wildman–Crippen LogP) is 2.77. The number of aromatic nitrogens is 1. The van der Waals surface area contributed by atoms with Crippen LogP contribution in [0.1, 0.15) is 12.8 Å². The Labute approximate surface area is 107 Å². The van der Waals surface area contributed by atoms with Gasteiger partial charge in [-0.05, 0) is 18.9 Å². The molecule has 1 aliphatic rings. The molecular formula is C11H12F3N3O2. The van der Waals surface area contributed by atoms with Gasteiger partial charge in [-0.25, -0.2) is 4.98 Å². The number of pyridine rings is 1. The van der Waals surface area contributed by atoms with Crippen LogP contribution in [0, 0.1) is 16.0 Å². The minimum absolute atomic E-state index is 0.0152. The molecule has 5 nitrogen and oxygen atoms in total. The molecule has 2 rings (SSSR count). The monoisotopic (exact) mass is 275 g/mol. The summed E-state index contributed by atoms with van der Waals surface area (Å²) in [7, 11) is 0. The first-order valence-corrected chi connectivity index (χ1v) is 5.80. The Morgan fingerprint density at radius 1 is 1.47 bits per heavy atom. The van der Waals surface area contributed by atoms with Gasteiger partial charge in [0.25, 0.3) is 0 Å². The van der Waals surface area contributed by atoms with Crippen LogP contribution in [-0.2, 0) is 0 Å². The van der Waals surface area contributed by atoms with Crippen molar-refractivity contribution in [2.24, 2.45) is 5.92 Å². The minimum Gasteiger partial charge on any atom is -0.350 e. The standard InChI is InChI=1S/C11H12F3N3O2/c12-11(13,14)8-3-2-6-16(7-8)10-9(17(18)19)4-1-5-15-10/h1,4-5,8H,2-3,6-7H2/t8-/m0/s1. The van der Waals surface area contributed by atoms with Crippen LogP contribution in [0.25, 0.3) is 0 Å². The Bertz CT molecular complexity index is 478. The first-order valence-electron chi connectivity index (χ1n) is 5.80. The SMILES string of the molecule is O=[N+]([O-])c1cccnc1N1CCC[C@H](C(F)(F)F)C1. The van der Waals surface area contributed by atoms with Gasteiger partial charge >= 0.3 is 11.9 Å². The fraction of sp³-hybridized carbons (Fsp3) is 0.545. The second-order valence-corrected chi connectivity index (χ2v) is 4.43. The van der Waals surface area contributed by atoms with Gasteiger partial charge in [-0.3, -0.25) is 10.1 Å². The van der Waals surface area contributed by atoms with E-state index in [1.54, 1.807) is 0 Å². The lowest BCUT2D eigenvalue weighted by Crippen LogP contribution is -2.42. The van der Waals surface area contributed by atoms with E-state index in [2.05, 4.69) is 4.98 Å². The van der Waals surface area contributed by atoms with Gasteiger partial charge in [0.15, 0.2) is 0 Å². The molecule has 1 aromatic heterocycles. The second-order valence-electron chi connectivity index (χ2n) is 4.43. The van der Waals surface area contributed by atoms with E-state index >= 15 is 0 Å². The number of anilines is 1. The predicted molar refractivity (Wildman–Crippen MR) is 61.9 cm³/mol. The summed E-state index contributed by atoms with van der Waals surface area (Å²) in [5, 5.41) is 10.9. The van der Waals surface area contributed by atoms with Crippen molar-refractivity contribution < 1.29 is 18.1 Å². The normalized spacial score (nSPS) is 20.4. The Hall–Kier alpha value is -1.86. The van der Waals surface area contributed by atoms with Gasteiger partial charge in [0.1, 0.15) is 0 Å². The second kappa shape index (κ2) is 5.02. The summed E-state index contributed by atoms with van der Waals surface area (Å²) in [6.07, 6.45) is -2.53. The highest BCUT2D eigenvalue weighted by Crippen LogP contribution is 2.36. The van der Waals surface area contributed by atoms with E-state index < -0.39 is 17.0 Å². The molecule has 1 atom stereocenters.